The Hall–Kier alpha value is -1.31. The van der Waals surface area contributed by atoms with Crippen LogP contribution in [0.1, 0.15) is 11.1 Å². The molecular formula is C9H11NO. The van der Waals surface area contributed by atoms with Gasteiger partial charge in [-0.1, -0.05) is 35.0 Å². The van der Waals surface area contributed by atoms with Gasteiger partial charge in [-0.3, -0.25) is 0 Å². The number of nitrogens with zero attached hydrogens (tertiary/aromatic N) is 1. The normalized spacial score (nSPS) is 10.4. The summed E-state index contributed by atoms with van der Waals surface area (Å²) in [6.45, 7) is 2.05. The van der Waals surface area contributed by atoms with Crippen LogP contribution in [0.2, 0.25) is 0 Å². The highest BCUT2D eigenvalue weighted by Crippen LogP contribution is 2.00. The molecule has 58 valence electrons. The number of rotatable bonds is 2. The summed E-state index contributed by atoms with van der Waals surface area (Å²) in [5.41, 5.74) is 2.29. The maximum Gasteiger partial charge on any atom is 0.106 e. The second-order valence-electron chi connectivity index (χ2n) is 2.33. The lowest BCUT2D eigenvalue weighted by Gasteiger charge is -1.93. The maximum atomic E-state index is 4.56. The number of hydrogen-bond acceptors (Lipinski definition) is 2. The lowest BCUT2D eigenvalue weighted by molar-refractivity contribution is 0.215. The van der Waals surface area contributed by atoms with Crippen molar-refractivity contribution in [2.75, 3.05) is 7.11 Å². The topological polar surface area (TPSA) is 21.6 Å². The first-order valence-corrected chi connectivity index (χ1v) is 3.46. The largest absolute Gasteiger partial charge is 0.399 e. The van der Waals surface area contributed by atoms with Crippen molar-refractivity contribution in [2.24, 2.45) is 5.16 Å². The smallest absolute Gasteiger partial charge is 0.106 e. The van der Waals surface area contributed by atoms with Crippen molar-refractivity contribution in [2.45, 2.75) is 6.92 Å². The Bertz CT molecular complexity index is 255. The molecule has 0 amide bonds. The lowest BCUT2D eigenvalue weighted by Crippen LogP contribution is -1.82. The van der Waals surface area contributed by atoms with Crippen LogP contribution in [0, 0.1) is 6.92 Å². The molecule has 1 aromatic carbocycles. The van der Waals surface area contributed by atoms with E-state index in [1.807, 2.05) is 31.2 Å². The molecule has 0 saturated heterocycles. The minimum atomic E-state index is 1.06. The first kappa shape index (κ1) is 7.79. The molecule has 11 heavy (non-hydrogen) atoms. The fourth-order valence-electron chi connectivity index (χ4n) is 0.864. The molecule has 0 aliphatic heterocycles. The zero-order valence-corrected chi connectivity index (χ0v) is 6.74. The minimum Gasteiger partial charge on any atom is -0.399 e. The van der Waals surface area contributed by atoms with E-state index in [1.54, 1.807) is 6.21 Å². The Kier molecular flexibility index (Phi) is 2.66. The van der Waals surface area contributed by atoms with Gasteiger partial charge >= 0.3 is 0 Å². The van der Waals surface area contributed by atoms with Crippen LogP contribution in [0.3, 0.4) is 0 Å². The van der Waals surface area contributed by atoms with Gasteiger partial charge in [-0.05, 0) is 12.5 Å². The molecule has 0 heterocycles. The summed E-state index contributed by atoms with van der Waals surface area (Å²) in [6, 6.07) is 8.06. The van der Waals surface area contributed by atoms with E-state index >= 15 is 0 Å². The molecule has 0 aliphatic rings. The average molecular weight is 149 g/mol. The van der Waals surface area contributed by atoms with Crippen LogP contribution in [0.4, 0.5) is 0 Å². The molecule has 0 unspecified atom stereocenters. The summed E-state index contributed by atoms with van der Waals surface area (Å²) in [7, 11) is 1.53. The van der Waals surface area contributed by atoms with Gasteiger partial charge in [0.05, 0.1) is 6.21 Å². The van der Waals surface area contributed by atoms with Gasteiger partial charge in [0.1, 0.15) is 7.11 Å². The fourth-order valence-corrected chi connectivity index (χ4v) is 0.864. The van der Waals surface area contributed by atoms with E-state index in [2.05, 4.69) is 9.99 Å². The first-order chi connectivity index (χ1) is 5.33. The van der Waals surface area contributed by atoms with Crippen LogP contribution in [-0.2, 0) is 4.84 Å². The van der Waals surface area contributed by atoms with Gasteiger partial charge in [-0.2, -0.15) is 0 Å². The standard InChI is InChI=1S/C9H11NO/c1-8-4-3-5-9(6-8)7-10-11-2/h3-7H,1-2H3/b10-7+. The molecule has 2 heteroatoms. The fraction of sp³-hybridized carbons (Fsp3) is 0.222. The molecule has 1 rings (SSSR count). The van der Waals surface area contributed by atoms with Crippen LogP contribution >= 0.6 is 0 Å². The van der Waals surface area contributed by atoms with E-state index in [9.17, 15) is 0 Å². The second kappa shape index (κ2) is 3.76. The third-order valence-electron chi connectivity index (χ3n) is 1.35. The third-order valence-corrected chi connectivity index (χ3v) is 1.35. The van der Waals surface area contributed by atoms with Gasteiger partial charge < -0.3 is 4.84 Å². The Morgan fingerprint density at radius 1 is 1.45 bits per heavy atom. The van der Waals surface area contributed by atoms with E-state index in [-0.39, 0.29) is 0 Å². The molecule has 0 fully saturated rings. The number of aryl methyl sites for hydroxylation is 1. The van der Waals surface area contributed by atoms with Crippen molar-refractivity contribution in [3.05, 3.63) is 35.4 Å². The quantitative estimate of drug-likeness (QED) is 0.465. The monoisotopic (exact) mass is 149 g/mol. The van der Waals surface area contributed by atoms with Crippen molar-refractivity contribution in [3.63, 3.8) is 0 Å². The molecule has 1 aromatic rings. The van der Waals surface area contributed by atoms with Gasteiger partial charge in [0.15, 0.2) is 0 Å². The molecule has 0 bridgehead atoms. The van der Waals surface area contributed by atoms with Crippen LogP contribution < -0.4 is 0 Å². The van der Waals surface area contributed by atoms with Gasteiger partial charge in [0, 0.05) is 0 Å². The molecule has 0 radical (unpaired) electrons. The molecule has 0 N–H and O–H groups in total. The predicted octanol–water partition coefficient (Wildman–Crippen LogP) is 1.98. The summed E-state index contributed by atoms with van der Waals surface area (Å²) in [5, 5.41) is 3.66. The van der Waals surface area contributed by atoms with Crippen LogP contribution in [0.15, 0.2) is 29.4 Å². The van der Waals surface area contributed by atoms with E-state index in [4.69, 9.17) is 0 Å². The highest BCUT2D eigenvalue weighted by atomic mass is 16.6. The van der Waals surface area contributed by atoms with Crippen molar-refractivity contribution >= 4 is 6.21 Å². The predicted molar refractivity (Wildman–Crippen MR) is 45.8 cm³/mol. The molecule has 0 aromatic heterocycles. The van der Waals surface area contributed by atoms with Gasteiger partial charge in [0.25, 0.3) is 0 Å². The first-order valence-electron chi connectivity index (χ1n) is 3.46. The lowest BCUT2D eigenvalue weighted by atomic mass is 10.2. The summed E-state index contributed by atoms with van der Waals surface area (Å²) in [5.74, 6) is 0. The number of hydrogen-bond donors (Lipinski definition) is 0. The van der Waals surface area contributed by atoms with Crippen molar-refractivity contribution in [1.29, 1.82) is 0 Å². The van der Waals surface area contributed by atoms with Crippen LogP contribution in [0.25, 0.3) is 0 Å². The molecule has 0 spiro atoms. The summed E-state index contributed by atoms with van der Waals surface area (Å²) < 4.78 is 0. The van der Waals surface area contributed by atoms with E-state index in [0.717, 1.165) is 5.56 Å². The number of oxime groups is 1. The van der Waals surface area contributed by atoms with Crippen molar-refractivity contribution in [3.8, 4) is 0 Å². The van der Waals surface area contributed by atoms with Gasteiger partial charge in [0.2, 0.25) is 0 Å². The average Bonchev–Trinajstić information content (AvgIpc) is 2.01. The van der Waals surface area contributed by atoms with Crippen LogP contribution in [-0.4, -0.2) is 13.3 Å². The maximum absolute atomic E-state index is 4.56. The minimum absolute atomic E-state index is 1.06. The zero-order chi connectivity index (χ0) is 8.10. The molecule has 0 aliphatic carbocycles. The Morgan fingerprint density at radius 3 is 2.91 bits per heavy atom. The summed E-state index contributed by atoms with van der Waals surface area (Å²) in [6.07, 6.45) is 1.69. The number of benzene rings is 1. The third kappa shape index (κ3) is 2.42. The van der Waals surface area contributed by atoms with E-state index in [0.29, 0.717) is 0 Å². The van der Waals surface area contributed by atoms with Gasteiger partial charge in [-0.15, -0.1) is 0 Å². The van der Waals surface area contributed by atoms with Crippen molar-refractivity contribution in [1.82, 2.24) is 0 Å². The SMILES string of the molecule is CO/N=C/c1cccc(C)c1. The van der Waals surface area contributed by atoms with Crippen molar-refractivity contribution < 1.29 is 4.84 Å². The highest BCUT2D eigenvalue weighted by molar-refractivity contribution is 5.79. The van der Waals surface area contributed by atoms with E-state index < -0.39 is 0 Å². The Balaban J connectivity index is 2.79. The Labute approximate surface area is 66.5 Å². The Morgan fingerprint density at radius 2 is 2.27 bits per heavy atom. The molecule has 2 nitrogen and oxygen atoms in total. The molecule has 0 atom stereocenters. The highest BCUT2D eigenvalue weighted by Gasteiger charge is 1.86. The zero-order valence-electron chi connectivity index (χ0n) is 6.74. The second-order valence-corrected chi connectivity index (χ2v) is 2.33. The summed E-state index contributed by atoms with van der Waals surface area (Å²) in [4.78, 5) is 4.56. The molecule has 0 saturated carbocycles. The van der Waals surface area contributed by atoms with Crippen LogP contribution in [0.5, 0.6) is 0 Å². The summed E-state index contributed by atoms with van der Waals surface area (Å²) >= 11 is 0. The van der Waals surface area contributed by atoms with E-state index in [1.165, 1.54) is 12.7 Å². The molecular weight excluding hydrogens is 138 g/mol. The van der Waals surface area contributed by atoms with Gasteiger partial charge in [-0.25, -0.2) is 0 Å².